The molecule has 1 atom stereocenters. The number of aromatic nitrogens is 1. The van der Waals surface area contributed by atoms with E-state index in [1.165, 1.54) is 44.2 Å². The first-order valence-electron chi connectivity index (χ1n) is 10.6. The summed E-state index contributed by atoms with van der Waals surface area (Å²) in [5, 5.41) is 7.05. The van der Waals surface area contributed by atoms with Crippen LogP contribution in [0.15, 0.2) is 23.3 Å². The van der Waals surface area contributed by atoms with Gasteiger partial charge in [-0.1, -0.05) is 18.9 Å². The maximum absolute atomic E-state index is 4.60. The number of aliphatic imine (C=N–C) groups is 1. The molecule has 6 heteroatoms. The second-order valence-corrected chi connectivity index (χ2v) is 7.69. The van der Waals surface area contributed by atoms with Gasteiger partial charge in [0, 0.05) is 58.1 Å². The quantitative estimate of drug-likeness (QED) is 0.569. The molecule has 1 unspecified atom stereocenters. The lowest BCUT2D eigenvalue weighted by Gasteiger charge is -2.24. The number of guanidine groups is 1. The van der Waals surface area contributed by atoms with Gasteiger partial charge >= 0.3 is 0 Å². The lowest BCUT2D eigenvalue weighted by atomic mass is 10.2. The topological polar surface area (TPSA) is 55.8 Å². The van der Waals surface area contributed by atoms with Gasteiger partial charge in [-0.2, -0.15) is 0 Å². The van der Waals surface area contributed by atoms with Crippen LogP contribution in [0.2, 0.25) is 0 Å². The second kappa shape index (κ2) is 9.93. The fourth-order valence-electron chi connectivity index (χ4n) is 4.34. The van der Waals surface area contributed by atoms with Crippen LogP contribution in [0.1, 0.15) is 51.5 Å². The van der Waals surface area contributed by atoms with Crippen LogP contribution in [0.5, 0.6) is 0 Å². The van der Waals surface area contributed by atoms with Crippen LogP contribution in [0, 0.1) is 0 Å². The first-order chi connectivity index (χ1) is 13.2. The molecule has 1 saturated heterocycles. The monoisotopic (exact) mass is 372 g/mol. The molecule has 1 saturated carbocycles. The SMILES string of the molecule is CCN(CC)c1ccc(CNC(=NC)NC2CCN(C3CCCC3)C2)cn1. The Morgan fingerprint density at radius 3 is 2.63 bits per heavy atom. The predicted molar refractivity (Wildman–Crippen MR) is 113 cm³/mol. The molecule has 6 nitrogen and oxygen atoms in total. The smallest absolute Gasteiger partial charge is 0.191 e. The highest BCUT2D eigenvalue weighted by Gasteiger charge is 2.30. The van der Waals surface area contributed by atoms with Crippen molar-refractivity contribution in [3.05, 3.63) is 23.9 Å². The van der Waals surface area contributed by atoms with E-state index in [0.29, 0.717) is 6.04 Å². The zero-order valence-corrected chi connectivity index (χ0v) is 17.2. The average Bonchev–Trinajstić information content (AvgIpc) is 3.39. The number of anilines is 1. The van der Waals surface area contributed by atoms with E-state index in [4.69, 9.17) is 0 Å². The maximum atomic E-state index is 4.60. The molecule has 1 aliphatic carbocycles. The number of hydrogen-bond donors (Lipinski definition) is 2. The molecule has 1 aromatic heterocycles. The fourth-order valence-corrected chi connectivity index (χ4v) is 4.34. The fraction of sp³-hybridized carbons (Fsp3) is 0.714. The predicted octanol–water partition coefficient (Wildman–Crippen LogP) is 2.61. The van der Waals surface area contributed by atoms with Crippen LogP contribution in [-0.4, -0.2) is 61.2 Å². The molecular weight excluding hydrogens is 336 g/mol. The van der Waals surface area contributed by atoms with Crippen LogP contribution in [0.25, 0.3) is 0 Å². The van der Waals surface area contributed by atoms with E-state index in [1.54, 1.807) is 0 Å². The van der Waals surface area contributed by atoms with E-state index in [1.807, 2.05) is 13.2 Å². The van der Waals surface area contributed by atoms with E-state index < -0.39 is 0 Å². The Morgan fingerprint density at radius 1 is 1.22 bits per heavy atom. The van der Waals surface area contributed by atoms with Crippen LogP contribution in [0.3, 0.4) is 0 Å². The van der Waals surface area contributed by atoms with Crippen molar-refractivity contribution in [1.29, 1.82) is 0 Å². The van der Waals surface area contributed by atoms with E-state index in [2.05, 4.69) is 56.4 Å². The Morgan fingerprint density at radius 2 is 2.00 bits per heavy atom. The molecule has 150 valence electrons. The van der Waals surface area contributed by atoms with E-state index >= 15 is 0 Å². The molecule has 1 aromatic rings. The Hall–Kier alpha value is -1.82. The van der Waals surface area contributed by atoms with E-state index in [0.717, 1.165) is 44.0 Å². The highest BCUT2D eigenvalue weighted by molar-refractivity contribution is 5.80. The van der Waals surface area contributed by atoms with Gasteiger partial charge < -0.3 is 15.5 Å². The van der Waals surface area contributed by atoms with Gasteiger partial charge in [0.05, 0.1) is 0 Å². The van der Waals surface area contributed by atoms with Gasteiger partial charge in [0.1, 0.15) is 5.82 Å². The van der Waals surface area contributed by atoms with E-state index in [-0.39, 0.29) is 0 Å². The molecule has 27 heavy (non-hydrogen) atoms. The molecule has 2 aliphatic rings. The Labute approximate surface area is 164 Å². The molecule has 2 heterocycles. The third kappa shape index (κ3) is 5.34. The molecule has 0 bridgehead atoms. The summed E-state index contributed by atoms with van der Waals surface area (Å²) in [7, 11) is 1.85. The van der Waals surface area contributed by atoms with Gasteiger partial charge in [-0.15, -0.1) is 0 Å². The third-order valence-electron chi connectivity index (χ3n) is 5.98. The van der Waals surface area contributed by atoms with Crippen molar-refractivity contribution < 1.29 is 0 Å². The van der Waals surface area contributed by atoms with Crippen molar-refractivity contribution in [1.82, 2.24) is 20.5 Å². The summed E-state index contributed by atoms with van der Waals surface area (Å²) in [6.45, 7) is 9.39. The summed E-state index contributed by atoms with van der Waals surface area (Å²) in [4.78, 5) is 13.9. The molecule has 1 aliphatic heterocycles. The van der Waals surface area contributed by atoms with Crippen LogP contribution < -0.4 is 15.5 Å². The number of rotatable bonds is 7. The average molecular weight is 373 g/mol. The minimum atomic E-state index is 0.500. The van der Waals surface area contributed by atoms with Crippen molar-refractivity contribution >= 4 is 11.8 Å². The van der Waals surface area contributed by atoms with E-state index in [9.17, 15) is 0 Å². The molecule has 2 N–H and O–H groups in total. The number of pyridine rings is 1. The van der Waals surface area contributed by atoms with Crippen LogP contribution >= 0.6 is 0 Å². The summed E-state index contributed by atoms with van der Waals surface area (Å²) in [6, 6.07) is 5.58. The van der Waals surface area contributed by atoms with Gasteiger partial charge in [-0.3, -0.25) is 9.89 Å². The number of nitrogens with zero attached hydrogens (tertiary/aromatic N) is 4. The van der Waals surface area contributed by atoms with Gasteiger partial charge in [-0.25, -0.2) is 4.98 Å². The Kier molecular flexibility index (Phi) is 7.33. The summed E-state index contributed by atoms with van der Waals surface area (Å²) in [5.74, 6) is 1.94. The zero-order valence-electron chi connectivity index (χ0n) is 17.2. The van der Waals surface area contributed by atoms with Crippen molar-refractivity contribution in [3.63, 3.8) is 0 Å². The molecule has 0 radical (unpaired) electrons. The van der Waals surface area contributed by atoms with Crippen molar-refractivity contribution in [2.24, 2.45) is 4.99 Å². The number of likely N-dealkylation sites (tertiary alicyclic amines) is 1. The Balaban J connectivity index is 1.45. The first kappa shape index (κ1) is 19.9. The summed E-state index contributed by atoms with van der Waals surface area (Å²) in [6.07, 6.45) is 8.75. The number of hydrogen-bond acceptors (Lipinski definition) is 4. The largest absolute Gasteiger partial charge is 0.357 e. The third-order valence-corrected chi connectivity index (χ3v) is 5.98. The lowest BCUT2D eigenvalue weighted by Crippen LogP contribution is -2.45. The van der Waals surface area contributed by atoms with Gasteiger partial charge in [-0.05, 0) is 44.7 Å². The molecule has 0 aromatic carbocycles. The summed E-state index contributed by atoms with van der Waals surface area (Å²) < 4.78 is 0. The minimum absolute atomic E-state index is 0.500. The highest BCUT2D eigenvalue weighted by atomic mass is 15.3. The first-order valence-corrected chi connectivity index (χ1v) is 10.6. The van der Waals surface area contributed by atoms with Gasteiger partial charge in [0.25, 0.3) is 0 Å². The zero-order chi connectivity index (χ0) is 19.1. The second-order valence-electron chi connectivity index (χ2n) is 7.69. The normalized spacial score (nSPS) is 21.6. The van der Waals surface area contributed by atoms with Gasteiger partial charge in [0.2, 0.25) is 0 Å². The summed E-state index contributed by atoms with van der Waals surface area (Å²) in [5.41, 5.74) is 1.17. The molecule has 2 fully saturated rings. The lowest BCUT2D eigenvalue weighted by molar-refractivity contribution is 0.242. The summed E-state index contributed by atoms with van der Waals surface area (Å²) >= 11 is 0. The minimum Gasteiger partial charge on any atom is -0.357 e. The van der Waals surface area contributed by atoms with Crippen LogP contribution in [0.4, 0.5) is 5.82 Å². The van der Waals surface area contributed by atoms with Crippen molar-refractivity contribution in [2.75, 3.05) is 38.1 Å². The van der Waals surface area contributed by atoms with Gasteiger partial charge in [0.15, 0.2) is 5.96 Å². The molecule has 0 spiro atoms. The molecule has 0 amide bonds. The standard InChI is InChI=1S/C21H36N6/c1-4-26(5-2)20-11-10-17(14-23-20)15-24-21(22-3)25-18-12-13-27(16-18)19-8-6-7-9-19/h10-11,14,18-19H,4-9,12-13,15-16H2,1-3H3,(H2,22,24,25). The number of nitrogens with one attached hydrogen (secondary N) is 2. The Bertz CT molecular complexity index is 589. The van der Waals surface area contributed by atoms with Crippen LogP contribution in [-0.2, 0) is 6.54 Å². The maximum Gasteiger partial charge on any atom is 0.191 e. The molecular formula is C21H36N6. The highest BCUT2D eigenvalue weighted by Crippen LogP contribution is 2.26. The van der Waals surface area contributed by atoms with Crippen molar-refractivity contribution in [3.8, 4) is 0 Å². The van der Waals surface area contributed by atoms with Crippen molar-refractivity contribution in [2.45, 2.75) is 64.6 Å². The molecule has 3 rings (SSSR count).